The van der Waals surface area contributed by atoms with Gasteiger partial charge in [-0.15, -0.1) is 0 Å². The van der Waals surface area contributed by atoms with Gasteiger partial charge in [0.15, 0.2) is 6.10 Å². The molecule has 1 unspecified atom stereocenters. The lowest BCUT2D eigenvalue weighted by molar-refractivity contribution is -0.167. The molecular weight excluding hydrogens is 1020 g/mol. The third-order valence-corrected chi connectivity index (χ3v) is 15.9. The third-order valence-electron chi connectivity index (χ3n) is 15.9. The van der Waals surface area contributed by atoms with Gasteiger partial charge in [0.2, 0.25) is 0 Å². The summed E-state index contributed by atoms with van der Waals surface area (Å²) in [5.41, 5.74) is 0. The number of hydrogen-bond acceptors (Lipinski definition) is 6. The summed E-state index contributed by atoms with van der Waals surface area (Å²) < 4.78 is 17.0. The van der Waals surface area contributed by atoms with Crippen molar-refractivity contribution in [3.63, 3.8) is 0 Å². The number of ether oxygens (including phenoxy) is 3. The topological polar surface area (TPSA) is 78.9 Å². The number of carbonyl (C=O) groups excluding carboxylic acids is 3. The molecule has 0 saturated heterocycles. The maximum Gasteiger partial charge on any atom is 0.306 e. The van der Waals surface area contributed by atoms with E-state index in [0.717, 1.165) is 109 Å². The Labute approximate surface area is 515 Å². The highest BCUT2D eigenvalue weighted by Crippen LogP contribution is 2.18. The molecule has 480 valence electrons. The van der Waals surface area contributed by atoms with Crippen LogP contribution in [0.5, 0.6) is 0 Å². The minimum Gasteiger partial charge on any atom is -0.462 e. The molecule has 0 amide bonds. The van der Waals surface area contributed by atoms with Crippen LogP contribution in [0.1, 0.15) is 367 Å². The first kappa shape index (κ1) is 79.6. The second kappa shape index (κ2) is 71.1. The van der Waals surface area contributed by atoms with Crippen LogP contribution in [0.2, 0.25) is 0 Å². The van der Waals surface area contributed by atoms with E-state index in [4.69, 9.17) is 14.2 Å². The van der Waals surface area contributed by atoms with Gasteiger partial charge in [-0.2, -0.15) is 0 Å². The Morgan fingerprint density at radius 3 is 0.735 bits per heavy atom. The average Bonchev–Trinajstić information content (AvgIpc) is 3.50. The molecule has 0 aromatic rings. The molecule has 0 fully saturated rings. The van der Waals surface area contributed by atoms with Crippen molar-refractivity contribution in [2.75, 3.05) is 13.2 Å². The summed E-state index contributed by atoms with van der Waals surface area (Å²) in [5, 5.41) is 0. The molecule has 0 aromatic heterocycles. The van der Waals surface area contributed by atoms with Crippen molar-refractivity contribution < 1.29 is 28.6 Å². The van der Waals surface area contributed by atoms with Gasteiger partial charge in [-0.1, -0.05) is 337 Å². The first-order valence-electron chi connectivity index (χ1n) is 36.1. The highest BCUT2D eigenvalue weighted by atomic mass is 16.6. The maximum absolute atomic E-state index is 13.0. The Kier molecular flexibility index (Phi) is 68.2. The fourth-order valence-electron chi connectivity index (χ4n) is 10.5. The van der Waals surface area contributed by atoms with E-state index in [1.165, 1.54) is 218 Å². The predicted octanol–water partition coefficient (Wildman–Crippen LogP) is 25.0. The number of rotatable bonds is 66. The van der Waals surface area contributed by atoms with Crippen molar-refractivity contribution in [3.05, 3.63) is 85.1 Å². The Balaban J connectivity index is 4.30. The fraction of sp³-hybridized carbons (Fsp3) is 0.779. The number of hydrogen-bond donors (Lipinski definition) is 0. The van der Waals surface area contributed by atoms with E-state index in [0.29, 0.717) is 19.3 Å². The van der Waals surface area contributed by atoms with Crippen molar-refractivity contribution >= 4 is 17.9 Å². The Bertz CT molecular complexity index is 1570. The van der Waals surface area contributed by atoms with Crippen molar-refractivity contribution in [3.8, 4) is 0 Å². The lowest BCUT2D eigenvalue weighted by atomic mass is 10.0. The van der Waals surface area contributed by atoms with Gasteiger partial charge < -0.3 is 14.2 Å². The quantitative estimate of drug-likeness (QED) is 0.0261. The SMILES string of the molecule is CC/C=C\C/C=C\C/C=C\C/C=C\CCCCCCC(=O)OCC(COC(=O)CCCCCCCCCCCCCCCC/C=C\C/C=C\C/C=C\CCCCCCC)OC(=O)CCCCCCCCCCCCCCCCCCCCC. The lowest BCUT2D eigenvalue weighted by Crippen LogP contribution is -2.30. The van der Waals surface area contributed by atoms with Crippen molar-refractivity contribution in [2.45, 2.75) is 374 Å². The van der Waals surface area contributed by atoms with Gasteiger partial charge in [-0.05, 0) is 96.3 Å². The highest BCUT2D eigenvalue weighted by molar-refractivity contribution is 5.71. The molecule has 0 heterocycles. The van der Waals surface area contributed by atoms with Crippen LogP contribution in [0.4, 0.5) is 0 Å². The summed E-state index contributed by atoms with van der Waals surface area (Å²) in [4.78, 5) is 38.5. The zero-order chi connectivity index (χ0) is 59.9. The predicted molar refractivity (Wildman–Crippen MR) is 362 cm³/mol. The molecule has 6 heteroatoms. The monoisotopic (exact) mass is 1160 g/mol. The van der Waals surface area contributed by atoms with E-state index in [1.54, 1.807) is 0 Å². The van der Waals surface area contributed by atoms with Gasteiger partial charge in [0.1, 0.15) is 13.2 Å². The summed E-state index contributed by atoms with van der Waals surface area (Å²) in [6.45, 7) is 6.55. The number of allylic oxidation sites excluding steroid dienone is 14. The number of unbranched alkanes of at least 4 members (excludes halogenated alkanes) is 41. The molecule has 0 aliphatic heterocycles. The van der Waals surface area contributed by atoms with Gasteiger partial charge in [-0.25, -0.2) is 0 Å². The van der Waals surface area contributed by atoms with E-state index in [2.05, 4.69) is 106 Å². The van der Waals surface area contributed by atoms with E-state index in [9.17, 15) is 14.4 Å². The van der Waals surface area contributed by atoms with E-state index in [-0.39, 0.29) is 31.1 Å². The zero-order valence-corrected chi connectivity index (χ0v) is 55.2. The molecule has 0 spiro atoms. The highest BCUT2D eigenvalue weighted by Gasteiger charge is 2.19. The van der Waals surface area contributed by atoms with Crippen LogP contribution in [-0.2, 0) is 28.6 Å². The van der Waals surface area contributed by atoms with Crippen LogP contribution in [0.25, 0.3) is 0 Å². The maximum atomic E-state index is 13.0. The molecule has 0 aliphatic carbocycles. The minimum absolute atomic E-state index is 0.0811. The number of carbonyl (C=O) groups is 3. The lowest BCUT2D eigenvalue weighted by Gasteiger charge is -2.18. The summed E-state index contributed by atoms with van der Waals surface area (Å²) in [7, 11) is 0. The van der Waals surface area contributed by atoms with Gasteiger partial charge >= 0.3 is 17.9 Å². The molecule has 0 saturated carbocycles. The molecule has 0 aliphatic rings. The van der Waals surface area contributed by atoms with Crippen LogP contribution < -0.4 is 0 Å². The zero-order valence-electron chi connectivity index (χ0n) is 55.2. The standard InChI is InChI=1S/C77H136O6/c1-4-7-10-13-16-19-22-25-28-31-33-34-35-36-37-38-39-40-41-42-44-46-49-52-55-58-61-64-67-70-76(79)82-73-74(72-81-75(78)69-66-63-60-57-54-51-48-45-30-27-24-21-18-15-12-9-6-3)83-77(80)71-68-65-62-59-56-53-50-47-43-32-29-26-23-20-17-14-11-8-5-2/h9,12,18,21-22,25,27,30-31,33,35-36,48,51,74H,4-8,10-11,13-17,19-20,23-24,26,28-29,32,34,37-47,49-50,52-73H2,1-3H3/b12-9-,21-18-,25-22-,30-27-,33-31-,36-35-,51-48-. The molecule has 0 radical (unpaired) electrons. The molecule has 0 bridgehead atoms. The first-order chi connectivity index (χ1) is 41.0. The molecule has 0 N–H and O–H groups in total. The summed E-state index contributed by atoms with van der Waals surface area (Å²) in [6.07, 6.45) is 94.7. The summed E-state index contributed by atoms with van der Waals surface area (Å²) in [5.74, 6) is -0.885. The second-order valence-corrected chi connectivity index (χ2v) is 24.1. The van der Waals surface area contributed by atoms with Crippen LogP contribution in [-0.4, -0.2) is 37.2 Å². The van der Waals surface area contributed by atoms with Gasteiger partial charge in [0.25, 0.3) is 0 Å². The Morgan fingerprint density at radius 1 is 0.253 bits per heavy atom. The van der Waals surface area contributed by atoms with Gasteiger partial charge in [0.05, 0.1) is 0 Å². The van der Waals surface area contributed by atoms with Crippen molar-refractivity contribution in [1.82, 2.24) is 0 Å². The van der Waals surface area contributed by atoms with Crippen molar-refractivity contribution in [2.24, 2.45) is 0 Å². The first-order valence-corrected chi connectivity index (χ1v) is 36.1. The normalized spacial score (nSPS) is 12.6. The smallest absolute Gasteiger partial charge is 0.306 e. The molecule has 0 aromatic carbocycles. The molecule has 0 rings (SSSR count). The van der Waals surface area contributed by atoms with Crippen LogP contribution in [0.15, 0.2) is 85.1 Å². The second-order valence-electron chi connectivity index (χ2n) is 24.1. The van der Waals surface area contributed by atoms with Crippen LogP contribution in [0.3, 0.4) is 0 Å². The average molecular weight is 1160 g/mol. The van der Waals surface area contributed by atoms with Crippen LogP contribution >= 0.6 is 0 Å². The Hall–Kier alpha value is -3.41. The van der Waals surface area contributed by atoms with Gasteiger partial charge in [0, 0.05) is 19.3 Å². The molecule has 1 atom stereocenters. The molecule has 6 nitrogen and oxygen atoms in total. The Morgan fingerprint density at radius 2 is 0.470 bits per heavy atom. The van der Waals surface area contributed by atoms with E-state index >= 15 is 0 Å². The third kappa shape index (κ3) is 69.3. The van der Waals surface area contributed by atoms with Crippen LogP contribution in [0, 0.1) is 0 Å². The number of esters is 3. The summed E-state index contributed by atoms with van der Waals surface area (Å²) in [6, 6.07) is 0. The van der Waals surface area contributed by atoms with E-state index in [1.807, 2.05) is 0 Å². The minimum atomic E-state index is -0.787. The largest absolute Gasteiger partial charge is 0.462 e. The van der Waals surface area contributed by atoms with Crippen molar-refractivity contribution in [1.29, 1.82) is 0 Å². The molecule has 83 heavy (non-hydrogen) atoms. The molecular formula is C77H136O6. The van der Waals surface area contributed by atoms with Gasteiger partial charge in [-0.3, -0.25) is 14.4 Å². The summed E-state index contributed by atoms with van der Waals surface area (Å²) >= 11 is 0. The van der Waals surface area contributed by atoms with E-state index < -0.39 is 6.10 Å². The fourth-order valence-corrected chi connectivity index (χ4v) is 10.5.